The molecule has 1 saturated heterocycles. The number of hydrogen-bond donors (Lipinski definition) is 1. The Balaban J connectivity index is 2.21. The first-order valence-corrected chi connectivity index (χ1v) is 9.31. The molecule has 1 atom stereocenters. The van der Waals surface area contributed by atoms with Gasteiger partial charge in [-0.3, -0.25) is 10.2 Å². The average Bonchev–Trinajstić information content (AvgIpc) is 2.84. The van der Waals surface area contributed by atoms with Gasteiger partial charge in [0, 0.05) is 12.0 Å². The zero-order chi connectivity index (χ0) is 19.8. The first-order valence-electron chi connectivity index (χ1n) is 9.31. The van der Waals surface area contributed by atoms with Crippen molar-refractivity contribution in [1.29, 1.82) is 0 Å². The molecule has 0 bridgehead atoms. The number of carbonyl (C=O) groups excluding carboxylic acids is 1. The summed E-state index contributed by atoms with van der Waals surface area (Å²) >= 11 is 0. The van der Waals surface area contributed by atoms with Crippen LogP contribution < -0.4 is 5.43 Å². The van der Waals surface area contributed by atoms with Crippen molar-refractivity contribution in [1.82, 2.24) is 10.4 Å². The SMILES string of the molecule is CCCCc1cccc2cccc([C@H](N3NC(=O)CC3(C)C)C(F)(F)F)c12. The van der Waals surface area contributed by atoms with Crippen LogP contribution in [0.25, 0.3) is 10.8 Å². The first kappa shape index (κ1) is 19.7. The van der Waals surface area contributed by atoms with Crippen molar-refractivity contribution >= 4 is 16.7 Å². The van der Waals surface area contributed by atoms with E-state index in [0.29, 0.717) is 5.39 Å². The number of benzene rings is 2. The molecule has 1 heterocycles. The predicted molar refractivity (Wildman–Crippen MR) is 100 cm³/mol. The highest BCUT2D eigenvalue weighted by atomic mass is 19.4. The summed E-state index contributed by atoms with van der Waals surface area (Å²) in [6.07, 6.45) is -1.88. The predicted octanol–water partition coefficient (Wildman–Crippen LogP) is 5.30. The second-order valence-electron chi connectivity index (χ2n) is 7.80. The molecule has 1 fully saturated rings. The van der Waals surface area contributed by atoms with Crippen molar-refractivity contribution < 1.29 is 18.0 Å². The van der Waals surface area contributed by atoms with Crippen LogP contribution in [0.4, 0.5) is 13.2 Å². The molecule has 0 spiro atoms. The number of aryl methyl sites for hydroxylation is 1. The van der Waals surface area contributed by atoms with E-state index in [1.807, 2.05) is 24.3 Å². The van der Waals surface area contributed by atoms with Gasteiger partial charge in [0.1, 0.15) is 0 Å². The summed E-state index contributed by atoms with van der Waals surface area (Å²) in [5, 5.41) is 2.52. The monoisotopic (exact) mass is 378 g/mol. The van der Waals surface area contributed by atoms with Gasteiger partial charge < -0.3 is 0 Å². The summed E-state index contributed by atoms with van der Waals surface area (Å²) in [7, 11) is 0. The van der Waals surface area contributed by atoms with Crippen molar-refractivity contribution in [3.63, 3.8) is 0 Å². The number of alkyl halides is 3. The van der Waals surface area contributed by atoms with E-state index in [1.54, 1.807) is 19.9 Å². The van der Waals surface area contributed by atoms with Crippen molar-refractivity contribution in [2.24, 2.45) is 0 Å². The fourth-order valence-electron chi connectivity index (χ4n) is 3.93. The molecule has 0 radical (unpaired) electrons. The van der Waals surface area contributed by atoms with Gasteiger partial charge in [-0.2, -0.15) is 18.2 Å². The molecule has 1 amide bonds. The minimum atomic E-state index is -4.53. The molecule has 0 unspecified atom stereocenters. The van der Waals surface area contributed by atoms with Gasteiger partial charge in [0.05, 0.1) is 0 Å². The van der Waals surface area contributed by atoms with Crippen LogP contribution in [0.1, 0.15) is 57.2 Å². The number of unbranched alkanes of at least 4 members (excludes halogenated alkanes) is 1. The number of fused-ring (bicyclic) bond motifs is 1. The van der Waals surface area contributed by atoms with Crippen molar-refractivity contribution in [3.8, 4) is 0 Å². The lowest BCUT2D eigenvalue weighted by Crippen LogP contribution is -2.51. The lowest BCUT2D eigenvalue weighted by atomic mass is 9.90. The van der Waals surface area contributed by atoms with Gasteiger partial charge in [0.2, 0.25) is 5.91 Å². The normalized spacial score (nSPS) is 18.7. The van der Waals surface area contributed by atoms with Crippen LogP contribution in [-0.4, -0.2) is 22.6 Å². The summed E-state index contributed by atoms with van der Waals surface area (Å²) < 4.78 is 42.7. The molecule has 3 nitrogen and oxygen atoms in total. The molecule has 1 aliphatic heterocycles. The van der Waals surface area contributed by atoms with Crippen LogP contribution >= 0.6 is 0 Å². The lowest BCUT2D eigenvalue weighted by molar-refractivity contribution is -0.203. The molecule has 2 aromatic carbocycles. The molecule has 2 aromatic rings. The van der Waals surface area contributed by atoms with Crippen molar-refractivity contribution in [2.75, 3.05) is 0 Å². The Kier molecular flexibility index (Phi) is 5.21. The van der Waals surface area contributed by atoms with E-state index in [2.05, 4.69) is 12.3 Å². The summed E-state index contributed by atoms with van der Waals surface area (Å²) in [5.74, 6) is -0.388. The van der Waals surface area contributed by atoms with Gasteiger partial charge >= 0.3 is 6.18 Å². The highest BCUT2D eigenvalue weighted by Crippen LogP contribution is 2.45. The molecule has 146 valence electrons. The number of nitrogens with one attached hydrogen (secondary N) is 1. The number of rotatable bonds is 5. The number of nitrogens with zero attached hydrogens (tertiary/aromatic N) is 1. The Morgan fingerprint density at radius 2 is 1.85 bits per heavy atom. The Morgan fingerprint density at radius 1 is 1.19 bits per heavy atom. The second-order valence-corrected chi connectivity index (χ2v) is 7.80. The maximum absolute atomic E-state index is 14.2. The van der Waals surface area contributed by atoms with E-state index in [0.717, 1.165) is 35.2 Å². The van der Waals surface area contributed by atoms with E-state index < -0.39 is 17.8 Å². The number of halogens is 3. The average molecular weight is 378 g/mol. The molecule has 0 saturated carbocycles. The molecule has 3 rings (SSSR count). The minimum absolute atomic E-state index is 0.0348. The third-order valence-corrected chi connectivity index (χ3v) is 5.18. The van der Waals surface area contributed by atoms with Crippen LogP contribution in [0.3, 0.4) is 0 Å². The van der Waals surface area contributed by atoms with Crippen molar-refractivity contribution in [3.05, 3.63) is 47.5 Å². The molecule has 0 aliphatic carbocycles. The van der Waals surface area contributed by atoms with Gasteiger partial charge in [0.15, 0.2) is 6.04 Å². The lowest BCUT2D eigenvalue weighted by Gasteiger charge is -2.38. The Hall–Kier alpha value is -2.08. The summed E-state index contributed by atoms with van der Waals surface area (Å²) in [5.41, 5.74) is 2.63. The Bertz CT molecular complexity index is 840. The Labute approximate surface area is 157 Å². The summed E-state index contributed by atoms with van der Waals surface area (Å²) in [6, 6.07) is 8.78. The number of carbonyl (C=O) groups is 1. The van der Waals surface area contributed by atoms with E-state index in [4.69, 9.17) is 0 Å². The van der Waals surface area contributed by atoms with E-state index in [9.17, 15) is 18.0 Å². The van der Waals surface area contributed by atoms with Gasteiger partial charge in [-0.05, 0) is 48.6 Å². The summed E-state index contributed by atoms with van der Waals surface area (Å²) in [6.45, 7) is 5.38. The van der Waals surface area contributed by atoms with Gasteiger partial charge in [-0.25, -0.2) is 0 Å². The molecule has 0 aromatic heterocycles. The highest BCUT2D eigenvalue weighted by molar-refractivity contribution is 5.89. The van der Waals surface area contributed by atoms with Crippen molar-refractivity contribution in [2.45, 2.75) is 64.2 Å². The van der Waals surface area contributed by atoms with Gasteiger partial charge in [-0.15, -0.1) is 0 Å². The topological polar surface area (TPSA) is 32.3 Å². The fraction of sp³-hybridized carbons (Fsp3) is 0.476. The molecule has 1 aliphatic rings. The smallest absolute Gasteiger partial charge is 0.287 e. The molecular weight excluding hydrogens is 353 g/mol. The third-order valence-electron chi connectivity index (χ3n) is 5.18. The van der Waals surface area contributed by atoms with E-state index in [-0.39, 0.29) is 17.9 Å². The zero-order valence-electron chi connectivity index (χ0n) is 15.9. The number of hydrogen-bond acceptors (Lipinski definition) is 2. The quantitative estimate of drug-likeness (QED) is 0.766. The Morgan fingerprint density at radius 3 is 2.41 bits per heavy atom. The first-order chi connectivity index (χ1) is 12.6. The molecular formula is C21H25F3N2O. The minimum Gasteiger partial charge on any atom is -0.287 e. The zero-order valence-corrected chi connectivity index (χ0v) is 15.9. The van der Waals surface area contributed by atoms with Crippen LogP contribution in [0.5, 0.6) is 0 Å². The molecule has 27 heavy (non-hydrogen) atoms. The maximum atomic E-state index is 14.2. The largest absolute Gasteiger partial charge is 0.409 e. The second kappa shape index (κ2) is 7.15. The molecule has 6 heteroatoms. The number of amides is 1. The number of hydrazine groups is 1. The third kappa shape index (κ3) is 3.81. The van der Waals surface area contributed by atoms with E-state index in [1.165, 1.54) is 6.07 Å². The van der Waals surface area contributed by atoms with Gasteiger partial charge in [-0.1, -0.05) is 49.7 Å². The van der Waals surface area contributed by atoms with Crippen LogP contribution in [0.2, 0.25) is 0 Å². The van der Waals surface area contributed by atoms with E-state index >= 15 is 0 Å². The summed E-state index contributed by atoms with van der Waals surface area (Å²) in [4.78, 5) is 11.9. The van der Waals surface area contributed by atoms with Crippen LogP contribution in [0, 0.1) is 0 Å². The molecule has 1 N–H and O–H groups in total. The highest BCUT2D eigenvalue weighted by Gasteiger charge is 2.53. The van der Waals surface area contributed by atoms with Gasteiger partial charge in [0.25, 0.3) is 0 Å². The van der Waals surface area contributed by atoms with Crippen LogP contribution in [-0.2, 0) is 11.2 Å². The maximum Gasteiger partial charge on any atom is 0.409 e. The van der Waals surface area contributed by atoms with Crippen LogP contribution in [0.15, 0.2) is 36.4 Å². The standard InChI is InChI=1S/C21H25F3N2O/c1-4-5-8-14-9-6-10-15-11-7-12-16(18(14)15)19(21(22,23)24)26-20(2,3)13-17(27)25-26/h6-7,9-12,19H,4-5,8,13H2,1-3H3,(H,25,27)/t19-/m0/s1. The fourth-order valence-corrected chi connectivity index (χ4v) is 3.93.